The molecule has 2 aromatic heterocycles. The van der Waals surface area contributed by atoms with Crippen molar-refractivity contribution >= 4 is 38.0 Å². The molecule has 4 aliphatic rings. The van der Waals surface area contributed by atoms with Gasteiger partial charge in [0, 0.05) is 65.0 Å². The number of aliphatic hydroxyl groups is 1. The third-order valence-electron chi connectivity index (χ3n) is 14.0. The molecule has 4 aliphatic carbocycles. The molecule has 0 aliphatic heterocycles. The zero-order valence-corrected chi connectivity index (χ0v) is 44.9. The molecule has 0 unspecified atom stereocenters. The van der Waals surface area contributed by atoms with E-state index in [0.29, 0.717) is 5.56 Å². The van der Waals surface area contributed by atoms with Crippen molar-refractivity contribution in [1.82, 2.24) is 4.98 Å². The van der Waals surface area contributed by atoms with Crippen molar-refractivity contribution in [3.8, 4) is 32.8 Å². The fourth-order valence-corrected chi connectivity index (χ4v) is 10.8. The summed E-state index contributed by atoms with van der Waals surface area (Å²) < 4.78 is 42.6. The van der Waals surface area contributed by atoms with E-state index in [2.05, 4.69) is 106 Å². The zero-order valence-electron chi connectivity index (χ0n) is 41.7. The molecule has 3 nitrogen and oxygen atoms in total. The number of aromatic nitrogens is 1. The number of nitrogens with zero attached hydrogens (tertiary/aromatic N) is 1. The Hall–Kier alpha value is -4.88. The fourth-order valence-electron chi connectivity index (χ4n) is 9.50. The van der Waals surface area contributed by atoms with Crippen LogP contribution in [0.25, 0.3) is 53.7 Å². The topological polar surface area (TPSA) is 50.2 Å². The zero-order chi connectivity index (χ0) is 49.0. The average molecular weight is 1130 g/mol. The summed E-state index contributed by atoms with van der Waals surface area (Å²) in [4.78, 5) is 17.9. The number of ketones is 1. The number of carbonyl (C=O) groups is 1. The van der Waals surface area contributed by atoms with Crippen LogP contribution in [0, 0.1) is 23.3 Å². The Kier molecular flexibility index (Phi) is 17.4. The molecule has 1 radical (unpaired) electrons. The largest absolute Gasteiger partial charge is 0.512 e. The van der Waals surface area contributed by atoms with Crippen LogP contribution in [0.4, 0.5) is 13.2 Å². The number of fused-ring (bicyclic) bond motifs is 2. The Balaban J connectivity index is 0.000000424. The monoisotopic (exact) mass is 1130 g/mol. The second kappa shape index (κ2) is 22.5. The van der Waals surface area contributed by atoms with Gasteiger partial charge >= 0.3 is 6.18 Å². The van der Waals surface area contributed by atoms with E-state index in [-0.39, 0.29) is 55.3 Å². The van der Waals surface area contributed by atoms with Crippen molar-refractivity contribution < 1.29 is 43.2 Å². The molecule has 0 saturated carbocycles. The minimum absolute atomic E-state index is 0. The second-order valence-corrected chi connectivity index (χ2v) is 21.3. The summed E-state index contributed by atoms with van der Waals surface area (Å²) in [5.41, 5.74) is 10.5. The van der Waals surface area contributed by atoms with E-state index in [1.807, 2.05) is 58.2 Å². The third kappa shape index (κ3) is 12.2. The van der Waals surface area contributed by atoms with Gasteiger partial charge in [-0.25, -0.2) is 0 Å². The first-order valence-corrected chi connectivity index (χ1v) is 25.3. The molecule has 7 aromatic rings. The van der Waals surface area contributed by atoms with Crippen LogP contribution in [0.1, 0.15) is 121 Å². The molecule has 2 heterocycles. The van der Waals surface area contributed by atoms with Crippen molar-refractivity contribution in [3.05, 3.63) is 161 Å². The Morgan fingerprint density at radius 1 is 0.739 bits per heavy atom. The smallest absolute Gasteiger partial charge is 0.394 e. The van der Waals surface area contributed by atoms with Crippen LogP contribution in [0.5, 0.6) is 0 Å². The van der Waals surface area contributed by atoms with Crippen molar-refractivity contribution in [2.75, 3.05) is 0 Å². The molecule has 69 heavy (non-hydrogen) atoms. The van der Waals surface area contributed by atoms with Gasteiger partial charge < -0.3 is 5.11 Å². The number of rotatable bonds is 12. The first kappa shape index (κ1) is 53.5. The summed E-state index contributed by atoms with van der Waals surface area (Å²) in [6.07, 6.45) is 6.18. The molecule has 0 saturated heterocycles. The predicted octanol–water partition coefficient (Wildman–Crippen LogP) is 17.4. The van der Waals surface area contributed by atoms with Crippen LogP contribution in [0.2, 0.25) is 0 Å². The van der Waals surface area contributed by atoms with Crippen molar-refractivity contribution in [1.29, 1.82) is 0 Å². The minimum atomic E-state index is -4.29. The van der Waals surface area contributed by atoms with E-state index in [4.69, 9.17) is 4.98 Å². The van der Waals surface area contributed by atoms with Crippen LogP contribution in [0.15, 0.2) is 121 Å². The van der Waals surface area contributed by atoms with Crippen LogP contribution in [-0.2, 0) is 62.4 Å². The van der Waals surface area contributed by atoms with E-state index >= 15 is 0 Å². The second-order valence-electron chi connectivity index (χ2n) is 20.3. The Morgan fingerprint density at radius 3 is 1.94 bits per heavy atom. The quantitative estimate of drug-likeness (QED) is 0.0754. The number of alkyl halides is 3. The van der Waals surface area contributed by atoms with Gasteiger partial charge in [-0.3, -0.25) is 9.78 Å². The molecule has 0 amide bonds. The molecule has 4 bridgehead atoms. The van der Waals surface area contributed by atoms with E-state index in [9.17, 15) is 23.1 Å². The number of thiophene rings is 1. The van der Waals surface area contributed by atoms with Crippen LogP contribution in [-0.4, -0.2) is 22.1 Å². The van der Waals surface area contributed by atoms with E-state index < -0.39 is 11.6 Å². The van der Waals surface area contributed by atoms with Crippen molar-refractivity contribution in [3.63, 3.8) is 0 Å². The summed E-state index contributed by atoms with van der Waals surface area (Å²) in [5.74, 6) is 0.547. The molecular weight excluding hydrogens is 1060 g/mol. The maximum absolute atomic E-state index is 13.8. The molecule has 8 heteroatoms. The maximum atomic E-state index is 13.8. The maximum Gasteiger partial charge on any atom is 0.394 e. The SMILES string of the molecule is CC(C)(C)c1cc(-c2nccc3c(-c4cc5ccc4CCc4ccc(cc4)CC5)c(-c4ccc(CC(C)(C)C(F)(F)F)cc4)sc23)[c-]c2ccccc12.CCC(CC)C(=O)/C=C(\O)C(CC)CC.[Ir]. The van der Waals surface area contributed by atoms with E-state index in [1.165, 1.54) is 58.7 Å². The number of aryl methyl sites for hydroxylation is 4. The molecule has 365 valence electrons. The standard InChI is InChI=1S/C48H43F3NS.C13H24O2.Ir/c1-46(2,3)41-28-37(27-36-8-6-7-9-38(36)41)43-45-39(24-25-52-43)42(44(53-45)35-22-18-33(19-23-35)29-47(4,5)48(49,50)51)40-26-32-15-14-30-10-12-31(13-11-30)16-20-34(40)21-17-32;1-5-10(6-2)12(14)9-13(15)11(7-3)8-4;/h6-13,17-19,21-26,28H,14-16,20,29H2,1-5H3;9-11,14H,5-8H2,1-4H3;/q-1;;/b;12-9-;. The first-order chi connectivity index (χ1) is 32.3. The number of hydrogen-bond acceptors (Lipinski definition) is 4. The van der Waals surface area contributed by atoms with Gasteiger partial charge in [0.05, 0.1) is 11.2 Å². The van der Waals surface area contributed by atoms with Gasteiger partial charge in [0.25, 0.3) is 0 Å². The normalized spacial score (nSPS) is 13.3. The fraction of sp³-hybridized carbons (Fsp3) is 0.377. The minimum Gasteiger partial charge on any atom is -0.512 e. The summed E-state index contributed by atoms with van der Waals surface area (Å²) in [7, 11) is 0. The summed E-state index contributed by atoms with van der Waals surface area (Å²) in [6.45, 7) is 17.4. The predicted molar refractivity (Wildman–Crippen MR) is 280 cm³/mol. The van der Waals surface area contributed by atoms with Gasteiger partial charge in [-0.15, -0.1) is 40.5 Å². The Morgan fingerprint density at radius 2 is 1.33 bits per heavy atom. The van der Waals surface area contributed by atoms with Crippen LogP contribution >= 0.6 is 11.3 Å². The third-order valence-corrected chi connectivity index (χ3v) is 15.3. The number of hydrogen-bond donors (Lipinski definition) is 1. The molecule has 0 atom stereocenters. The molecule has 0 fully saturated rings. The summed E-state index contributed by atoms with van der Waals surface area (Å²) in [5, 5.41) is 13.1. The van der Waals surface area contributed by atoms with Crippen LogP contribution in [0.3, 0.4) is 0 Å². The van der Waals surface area contributed by atoms with E-state index in [1.54, 1.807) is 11.3 Å². The Bertz CT molecular complexity index is 2900. The van der Waals surface area contributed by atoms with Crippen molar-refractivity contribution in [2.24, 2.45) is 17.3 Å². The molecule has 11 rings (SSSR count). The molecular formula is C61H67F3IrNO2S-. The average Bonchev–Trinajstić information content (AvgIpc) is 3.70. The molecule has 5 aromatic carbocycles. The summed E-state index contributed by atoms with van der Waals surface area (Å²) in [6, 6.07) is 40.3. The van der Waals surface area contributed by atoms with Gasteiger partial charge in [0.15, 0.2) is 5.78 Å². The first-order valence-electron chi connectivity index (χ1n) is 24.5. The van der Waals surface area contributed by atoms with Crippen LogP contribution < -0.4 is 0 Å². The van der Waals surface area contributed by atoms with E-state index in [0.717, 1.165) is 94.1 Å². The number of pyridine rings is 1. The number of halogens is 3. The summed E-state index contributed by atoms with van der Waals surface area (Å²) >= 11 is 1.72. The number of aliphatic hydroxyl groups excluding tert-OH is 1. The van der Waals surface area contributed by atoms with Gasteiger partial charge in [-0.1, -0.05) is 158 Å². The number of carbonyl (C=O) groups excluding carboxylic acids is 1. The Labute approximate surface area is 426 Å². The van der Waals surface area contributed by atoms with Gasteiger partial charge in [0.2, 0.25) is 0 Å². The van der Waals surface area contributed by atoms with Gasteiger partial charge in [0.1, 0.15) is 0 Å². The molecule has 1 N–H and O–H groups in total. The van der Waals surface area contributed by atoms with Gasteiger partial charge in [-0.2, -0.15) is 13.2 Å². The van der Waals surface area contributed by atoms with Gasteiger partial charge in [-0.05, 0) is 114 Å². The molecule has 0 spiro atoms. The number of allylic oxidation sites excluding steroid dienone is 2. The van der Waals surface area contributed by atoms with Crippen molar-refractivity contribution in [2.45, 2.75) is 132 Å². The number of benzene rings is 5.